The number of hydrogen-bond acceptors (Lipinski definition) is 2. The highest BCUT2D eigenvalue weighted by Gasteiger charge is 2.33. The van der Waals surface area contributed by atoms with Crippen LogP contribution in [-0.2, 0) is 12.6 Å². The Bertz CT molecular complexity index is 479. The van der Waals surface area contributed by atoms with Crippen LogP contribution in [0.3, 0.4) is 0 Å². The molecule has 2 rings (SSSR count). The Balaban J connectivity index is 2.06. The van der Waals surface area contributed by atoms with Crippen molar-refractivity contribution in [3.63, 3.8) is 0 Å². The van der Waals surface area contributed by atoms with Crippen LogP contribution in [0.5, 0.6) is 0 Å². The average molecular weight is 328 g/mol. The minimum atomic E-state index is -4.27. The van der Waals surface area contributed by atoms with Crippen molar-refractivity contribution in [3.8, 4) is 0 Å². The molecule has 2 nitrogen and oxygen atoms in total. The van der Waals surface area contributed by atoms with Gasteiger partial charge < -0.3 is 5.32 Å². The van der Waals surface area contributed by atoms with Crippen LogP contribution in [-0.4, -0.2) is 37.1 Å². The van der Waals surface area contributed by atoms with Crippen molar-refractivity contribution in [2.45, 2.75) is 45.3 Å². The molecule has 130 valence electrons. The van der Waals surface area contributed by atoms with E-state index >= 15 is 0 Å². The third kappa shape index (κ3) is 5.50. The molecule has 0 aliphatic carbocycles. The molecular formula is C18H27F3N2. The number of halogens is 3. The summed E-state index contributed by atoms with van der Waals surface area (Å²) in [7, 11) is 0. The summed E-state index contributed by atoms with van der Waals surface area (Å²) in [5.41, 5.74) is -0.0856. The summed E-state index contributed by atoms with van der Waals surface area (Å²) in [6.07, 6.45) is -1.66. The van der Waals surface area contributed by atoms with Gasteiger partial charge in [-0.2, -0.15) is 13.2 Å². The molecule has 0 radical (unpaired) electrons. The monoisotopic (exact) mass is 328 g/mol. The fourth-order valence-electron chi connectivity index (χ4n) is 3.34. The molecule has 1 heterocycles. The molecule has 1 aromatic carbocycles. The standard InChI is InChI=1S/C18H27F3N2/c1-14(2)13-23(16-7-10-22-11-8-16)12-9-15-5-3-4-6-17(15)18(19,20)21/h3-6,14,16,22H,7-13H2,1-2H3. The fraction of sp³-hybridized carbons (Fsp3) is 0.667. The van der Waals surface area contributed by atoms with Crippen LogP contribution in [0.25, 0.3) is 0 Å². The van der Waals surface area contributed by atoms with Gasteiger partial charge in [-0.15, -0.1) is 0 Å². The first-order valence-electron chi connectivity index (χ1n) is 8.48. The topological polar surface area (TPSA) is 15.3 Å². The molecule has 0 unspecified atom stereocenters. The molecule has 0 amide bonds. The van der Waals surface area contributed by atoms with E-state index in [2.05, 4.69) is 24.1 Å². The molecule has 0 saturated carbocycles. The molecule has 1 aliphatic rings. The molecule has 0 spiro atoms. The van der Waals surface area contributed by atoms with Crippen LogP contribution < -0.4 is 5.32 Å². The first-order valence-corrected chi connectivity index (χ1v) is 8.48. The molecule has 1 N–H and O–H groups in total. The van der Waals surface area contributed by atoms with Gasteiger partial charge in [0.2, 0.25) is 0 Å². The van der Waals surface area contributed by atoms with E-state index < -0.39 is 11.7 Å². The van der Waals surface area contributed by atoms with E-state index in [0.29, 0.717) is 30.5 Å². The largest absolute Gasteiger partial charge is 0.416 e. The van der Waals surface area contributed by atoms with Crippen LogP contribution in [0.15, 0.2) is 24.3 Å². The predicted octanol–water partition coefficient (Wildman–Crippen LogP) is 3.96. The Morgan fingerprint density at radius 1 is 1.17 bits per heavy atom. The second kappa shape index (κ2) is 8.15. The Kier molecular flexibility index (Phi) is 6.48. The quantitative estimate of drug-likeness (QED) is 0.850. The van der Waals surface area contributed by atoms with Crippen LogP contribution in [0.4, 0.5) is 13.2 Å². The smallest absolute Gasteiger partial charge is 0.317 e. The lowest BCUT2D eigenvalue weighted by atomic mass is 10.00. The van der Waals surface area contributed by atoms with E-state index in [1.54, 1.807) is 12.1 Å². The number of nitrogens with one attached hydrogen (secondary N) is 1. The minimum Gasteiger partial charge on any atom is -0.317 e. The van der Waals surface area contributed by atoms with Crippen molar-refractivity contribution in [2.75, 3.05) is 26.2 Å². The number of alkyl halides is 3. The van der Waals surface area contributed by atoms with Gasteiger partial charge in [-0.3, -0.25) is 4.90 Å². The van der Waals surface area contributed by atoms with Crippen molar-refractivity contribution in [1.29, 1.82) is 0 Å². The van der Waals surface area contributed by atoms with E-state index in [-0.39, 0.29) is 0 Å². The minimum absolute atomic E-state index is 0.405. The molecular weight excluding hydrogens is 301 g/mol. The molecule has 1 aliphatic heterocycles. The summed E-state index contributed by atoms with van der Waals surface area (Å²) in [6, 6.07) is 6.44. The average Bonchev–Trinajstić information content (AvgIpc) is 2.51. The molecule has 23 heavy (non-hydrogen) atoms. The summed E-state index contributed by atoms with van der Waals surface area (Å²) < 4.78 is 39.3. The third-order valence-electron chi connectivity index (χ3n) is 4.42. The number of rotatable bonds is 6. The Hall–Kier alpha value is -1.07. The molecule has 0 atom stereocenters. The predicted molar refractivity (Wildman–Crippen MR) is 87.5 cm³/mol. The Labute approximate surface area is 137 Å². The lowest BCUT2D eigenvalue weighted by Gasteiger charge is -2.36. The van der Waals surface area contributed by atoms with Gasteiger partial charge in [0.05, 0.1) is 5.56 Å². The van der Waals surface area contributed by atoms with Gasteiger partial charge in [0.25, 0.3) is 0 Å². The van der Waals surface area contributed by atoms with E-state index in [0.717, 1.165) is 32.5 Å². The van der Waals surface area contributed by atoms with Gasteiger partial charge in [-0.05, 0) is 49.9 Å². The highest BCUT2D eigenvalue weighted by molar-refractivity contribution is 5.29. The molecule has 5 heteroatoms. The van der Waals surface area contributed by atoms with Crippen LogP contribution in [0, 0.1) is 5.92 Å². The summed E-state index contributed by atoms with van der Waals surface area (Å²) in [4.78, 5) is 2.39. The van der Waals surface area contributed by atoms with Gasteiger partial charge in [-0.25, -0.2) is 0 Å². The van der Waals surface area contributed by atoms with Crippen molar-refractivity contribution in [1.82, 2.24) is 10.2 Å². The zero-order valence-corrected chi connectivity index (χ0v) is 14.0. The lowest BCUT2D eigenvalue weighted by molar-refractivity contribution is -0.138. The number of piperidine rings is 1. The molecule has 1 fully saturated rings. The third-order valence-corrected chi connectivity index (χ3v) is 4.42. The number of benzene rings is 1. The maximum Gasteiger partial charge on any atom is 0.416 e. The van der Waals surface area contributed by atoms with Crippen LogP contribution >= 0.6 is 0 Å². The maximum absolute atomic E-state index is 13.1. The lowest BCUT2D eigenvalue weighted by Crippen LogP contribution is -2.45. The number of hydrogen-bond donors (Lipinski definition) is 1. The van der Waals surface area contributed by atoms with Gasteiger partial charge in [0, 0.05) is 19.1 Å². The van der Waals surface area contributed by atoms with Gasteiger partial charge >= 0.3 is 6.18 Å². The summed E-state index contributed by atoms with van der Waals surface area (Å²) >= 11 is 0. The Morgan fingerprint density at radius 3 is 2.43 bits per heavy atom. The SMILES string of the molecule is CC(C)CN(CCc1ccccc1C(F)(F)F)C1CCNCC1. The van der Waals surface area contributed by atoms with E-state index in [4.69, 9.17) is 0 Å². The molecule has 1 saturated heterocycles. The summed E-state index contributed by atoms with van der Waals surface area (Å²) in [5, 5.41) is 3.35. The van der Waals surface area contributed by atoms with Crippen molar-refractivity contribution in [2.24, 2.45) is 5.92 Å². The molecule has 0 bridgehead atoms. The van der Waals surface area contributed by atoms with E-state index in [1.165, 1.54) is 12.1 Å². The second-order valence-electron chi connectivity index (χ2n) is 6.77. The van der Waals surface area contributed by atoms with Crippen molar-refractivity contribution in [3.05, 3.63) is 35.4 Å². The summed E-state index contributed by atoms with van der Waals surface area (Å²) in [6.45, 7) is 7.96. The van der Waals surface area contributed by atoms with Crippen molar-refractivity contribution < 1.29 is 13.2 Å². The highest BCUT2D eigenvalue weighted by Crippen LogP contribution is 2.32. The first-order chi connectivity index (χ1) is 10.9. The normalized spacial score (nSPS) is 17.2. The molecule has 1 aromatic rings. The first kappa shape index (κ1) is 18.3. The van der Waals surface area contributed by atoms with Gasteiger partial charge in [0.1, 0.15) is 0 Å². The Morgan fingerprint density at radius 2 is 1.83 bits per heavy atom. The maximum atomic E-state index is 13.1. The van der Waals surface area contributed by atoms with Crippen LogP contribution in [0.2, 0.25) is 0 Å². The van der Waals surface area contributed by atoms with E-state index in [9.17, 15) is 13.2 Å². The van der Waals surface area contributed by atoms with Crippen LogP contribution in [0.1, 0.15) is 37.8 Å². The fourth-order valence-corrected chi connectivity index (χ4v) is 3.34. The highest BCUT2D eigenvalue weighted by atomic mass is 19.4. The van der Waals surface area contributed by atoms with Crippen molar-refractivity contribution >= 4 is 0 Å². The van der Waals surface area contributed by atoms with Gasteiger partial charge in [-0.1, -0.05) is 32.0 Å². The zero-order chi connectivity index (χ0) is 16.9. The zero-order valence-electron chi connectivity index (χ0n) is 14.0. The van der Waals surface area contributed by atoms with E-state index in [1.807, 2.05) is 0 Å². The molecule has 0 aromatic heterocycles. The summed E-state index contributed by atoms with van der Waals surface area (Å²) in [5.74, 6) is 0.516. The number of nitrogens with zero attached hydrogens (tertiary/aromatic N) is 1. The second-order valence-corrected chi connectivity index (χ2v) is 6.77. The van der Waals surface area contributed by atoms with Gasteiger partial charge in [0.15, 0.2) is 0 Å².